The summed E-state index contributed by atoms with van der Waals surface area (Å²) >= 11 is 0. The molecule has 5 nitrogen and oxygen atoms in total. The molecule has 21 heavy (non-hydrogen) atoms. The van der Waals surface area contributed by atoms with E-state index in [2.05, 4.69) is 10.4 Å². The Kier molecular flexibility index (Phi) is 3.51. The third-order valence-electron chi connectivity index (χ3n) is 3.25. The van der Waals surface area contributed by atoms with Crippen molar-refractivity contribution in [3.05, 3.63) is 52.6 Å². The van der Waals surface area contributed by atoms with Crippen molar-refractivity contribution < 1.29 is 9.18 Å². The van der Waals surface area contributed by atoms with Crippen molar-refractivity contribution in [1.29, 1.82) is 0 Å². The van der Waals surface area contributed by atoms with Crippen molar-refractivity contribution in [2.24, 2.45) is 0 Å². The van der Waals surface area contributed by atoms with E-state index >= 15 is 0 Å². The van der Waals surface area contributed by atoms with Crippen LogP contribution in [0.4, 0.5) is 4.39 Å². The number of amides is 1. The molecule has 0 unspecified atom stereocenters. The lowest BCUT2D eigenvalue weighted by Gasteiger charge is -2.08. The van der Waals surface area contributed by atoms with Gasteiger partial charge in [0.1, 0.15) is 12.4 Å². The van der Waals surface area contributed by atoms with Crippen LogP contribution in [0.15, 0.2) is 41.2 Å². The Morgan fingerprint density at radius 2 is 2.05 bits per heavy atom. The molecule has 6 heteroatoms. The van der Waals surface area contributed by atoms with Crippen LogP contribution < -0.4 is 10.9 Å². The van der Waals surface area contributed by atoms with Crippen LogP contribution in [0, 0.1) is 5.82 Å². The number of hydrogen-bond donors (Lipinski definition) is 1. The van der Waals surface area contributed by atoms with Gasteiger partial charge in [-0.15, -0.1) is 0 Å². The minimum Gasteiger partial charge on any atom is -0.352 e. The second kappa shape index (κ2) is 5.47. The summed E-state index contributed by atoms with van der Waals surface area (Å²) in [5, 5.41) is 6.86. The highest BCUT2D eigenvalue weighted by atomic mass is 19.1. The van der Waals surface area contributed by atoms with Gasteiger partial charge in [0.15, 0.2) is 0 Å². The first kappa shape index (κ1) is 13.5. The third kappa shape index (κ3) is 3.16. The summed E-state index contributed by atoms with van der Waals surface area (Å²) < 4.78 is 14.8. The molecule has 1 aromatic heterocycles. The van der Waals surface area contributed by atoms with Crippen LogP contribution >= 0.6 is 0 Å². The smallest absolute Gasteiger partial charge is 0.267 e. The summed E-state index contributed by atoms with van der Waals surface area (Å²) in [6, 6.07) is 9.15. The average molecular weight is 287 g/mol. The first-order chi connectivity index (χ1) is 10.1. The summed E-state index contributed by atoms with van der Waals surface area (Å²) in [5.74, 6) is -0.671. The number of nitrogens with one attached hydrogen (secondary N) is 1. The zero-order valence-electron chi connectivity index (χ0n) is 11.3. The Morgan fingerprint density at radius 1 is 1.29 bits per heavy atom. The largest absolute Gasteiger partial charge is 0.352 e. The molecule has 1 fully saturated rings. The third-order valence-corrected chi connectivity index (χ3v) is 3.25. The number of carbonyl (C=O) groups is 1. The molecule has 0 spiro atoms. The molecule has 1 heterocycles. The van der Waals surface area contributed by atoms with Crippen LogP contribution in [-0.4, -0.2) is 21.7 Å². The quantitative estimate of drug-likeness (QED) is 0.922. The minimum atomic E-state index is -0.419. The van der Waals surface area contributed by atoms with Gasteiger partial charge in [-0.25, -0.2) is 9.07 Å². The Bertz CT molecular complexity index is 738. The fourth-order valence-corrected chi connectivity index (χ4v) is 2.01. The van der Waals surface area contributed by atoms with Gasteiger partial charge in [-0.1, -0.05) is 12.1 Å². The maximum Gasteiger partial charge on any atom is 0.267 e. The van der Waals surface area contributed by atoms with E-state index in [1.807, 2.05) is 0 Å². The zero-order chi connectivity index (χ0) is 14.8. The van der Waals surface area contributed by atoms with Crippen LogP contribution in [0.2, 0.25) is 0 Å². The lowest BCUT2D eigenvalue weighted by atomic mass is 10.1. The van der Waals surface area contributed by atoms with Gasteiger partial charge >= 0.3 is 0 Å². The van der Waals surface area contributed by atoms with Crippen molar-refractivity contribution in [2.45, 2.75) is 25.4 Å². The van der Waals surface area contributed by atoms with Crippen molar-refractivity contribution >= 4 is 5.91 Å². The fourth-order valence-electron chi connectivity index (χ4n) is 2.01. The molecule has 1 aliphatic carbocycles. The highest BCUT2D eigenvalue weighted by Gasteiger charge is 2.23. The highest BCUT2D eigenvalue weighted by molar-refractivity contribution is 5.76. The van der Waals surface area contributed by atoms with Gasteiger partial charge in [0.2, 0.25) is 5.91 Å². The van der Waals surface area contributed by atoms with Gasteiger partial charge in [0.25, 0.3) is 5.56 Å². The molecule has 1 N–H and O–H groups in total. The van der Waals surface area contributed by atoms with E-state index in [-0.39, 0.29) is 24.1 Å². The monoisotopic (exact) mass is 287 g/mol. The molecule has 1 amide bonds. The standard InChI is InChI=1S/C15H14FN3O2/c16-12-4-2-1-3-11(12)13-7-8-15(21)19(18-13)9-14(20)17-10-5-6-10/h1-4,7-8,10H,5-6,9H2,(H,17,20). The Morgan fingerprint density at radius 3 is 2.76 bits per heavy atom. The number of aromatic nitrogens is 2. The second-order valence-electron chi connectivity index (χ2n) is 5.04. The van der Waals surface area contributed by atoms with E-state index in [9.17, 15) is 14.0 Å². The molecule has 108 valence electrons. The average Bonchev–Trinajstić information content (AvgIpc) is 3.26. The topological polar surface area (TPSA) is 64.0 Å². The SMILES string of the molecule is O=C(Cn1nc(-c2ccccc2F)ccc1=O)NC1CC1. The van der Waals surface area contributed by atoms with Gasteiger partial charge < -0.3 is 5.32 Å². The maximum atomic E-state index is 13.7. The molecule has 0 bridgehead atoms. The number of halogens is 1. The summed E-state index contributed by atoms with van der Waals surface area (Å²) in [5.41, 5.74) is 0.238. The summed E-state index contributed by atoms with van der Waals surface area (Å²) in [4.78, 5) is 23.5. The minimum absolute atomic E-state index is 0.155. The first-order valence-corrected chi connectivity index (χ1v) is 6.76. The number of rotatable bonds is 4. The van der Waals surface area contributed by atoms with E-state index in [0.29, 0.717) is 11.3 Å². The number of nitrogens with zero attached hydrogens (tertiary/aromatic N) is 2. The first-order valence-electron chi connectivity index (χ1n) is 6.76. The molecule has 0 aliphatic heterocycles. The Hall–Kier alpha value is -2.50. The molecular formula is C15H14FN3O2. The molecule has 3 rings (SSSR count). The van der Waals surface area contributed by atoms with Crippen molar-refractivity contribution in [2.75, 3.05) is 0 Å². The van der Waals surface area contributed by atoms with E-state index in [1.165, 1.54) is 18.2 Å². The highest BCUT2D eigenvalue weighted by Crippen LogP contribution is 2.19. The van der Waals surface area contributed by atoms with Gasteiger partial charge in [-0.2, -0.15) is 5.10 Å². The number of carbonyl (C=O) groups excluding carboxylic acids is 1. The van der Waals surface area contributed by atoms with Crippen LogP contribution in [0.1, 0.15) is 12.8 Å². The van der Waals surface area contributed by atoms with Crippen molar-refractivity contribution in [3.63, 3.8) is 0 Å². The van der Waals surface area contributed by atoms with Gasteiger partial charge in [-0.05, 0) is 31.0 Å². The van der Waals surface area contributed by atoms with Crippen molar-refractivity contribution in [3.8, 4) is 11.3 Å². The summed E-state index contributed by atoms with van der Waals surface area (Å²) in [7, 11) is 0. The lowest BCUT2D eigenvalue weighted by molar-refractivity contribution is -0.122. The molecule has 1 aromatic carbocycles. The summed E-state index contributed by atoms with van der Waals surface area (Å²) in [6.07, 6.45) is 1.95. The molecular weight excluding hydrogens is 273 g/mol. The van der Waals surface area contributed by atoms with Gasteiger partial charge in [0, 0.05) is 17.7 Å². The number of hydrogen-bond acceptors (Lipinski definition) is 3. The molecule has 0 radical (unpaired) electrons. The van der Waals surface area contributed by atoms with Crippen LogP contribution in [0.5, 0.6) is 0 Å². The molecule has 1 aliphatic rings. The number of benzene rings is 1. The molecule has 0 saturated heterocycles. The maximum absolute atomic E-state index is 13.7. The van der Waals surface area contributed by atoms with E-state index in [4.69, 9.17) is 0 Å². The zero-order valence-corrected chi connectivity index (χ0v) is 11.3. The van der Waals surface area contributed by atoms with Crippen LogP contribution in [-0.2, 0) is 11.3 Å². The molecule has 2 aromatic rings. The second-order valence-corrected chi connectivity index (χ2v) is 5.04. The fraction of sp³-hybridized carbons (Fsp3) is 0.267. The van der Waals surface area contributed by atoms with Gasteiger partial charge in [-0.3, -0.25) is 9.59 Å². The molecule has 0 atom stereocenters. The predicted molar refractivity (Wildman–Crippen MR) is 75.1 cm³/mol. The predicted octanol–water partition coefficient (Wildman–Crippen LogP) is 1.33. The Balaban J connectivity index is 1.87. The molecule has 1 saturated carbocycles. The van der Waals surface area contributed by atoms with E-state index < -0.39 is 5.82 Å². The Labute approximate surface area is 120 Å². The summed E-state index contributed by atoms with van der Waals surface area (Å²) in [6.45, 7) is -0.155. The van der Waals surface area contributed by atoms with E-state index in [0.717, 1.165) is 17.5 Å². The lowest BCUT2D eigenvalue weighted by Crippen LogP contribution is -2.34. The normalized spacial score (nSPS) is 14.0. The van der Waals surface area contributed by atoms with E-state index in [1.54, 1.807) is 18.2 Å². The van der Waals surface area contributed by atoms with Crippen LogP contribution in [0.25, 0.3) is 11.3 Å². The van der Waals surface area contributed by atoms with Crippen molar-refractivity contribution in [1.82, 2.24) is 15.1 Å². The van der Waals surface area contributed by atoms with Crippen LogP contribution in [0.3, 0.4) is 0 Å². The van der Waals surface area contributed by atoms with Gasteiger partial charge in [0.05, 0.1) is 5.69 Å².